The maximum absolute atomic E-state index is 11.4. The summed E-state index contributed by atoms with van der Waals surface area (Å²) >= 11 is 0. The van der Waals surface area contributed by atoms with E-state index in [0.717, 1.165) is 11.4 Å². The molecule has 0 saturated carbocycles. The van der Waals surface area contributed by atoms with Gasteiger partial charge in [0.25, 0.3) is 0 Å². The van der Waals surface area contributed by atoms with Crippen LogP contribution in [-0.2, 0) is 11.3 Å². The zero-order valence-electron chi connectivity index (χ0n) is 11.7. The van der Waals surface area contributed by atoms with Gasteiger partial charge in [-0.05, 0) is 19.1 Å². The molecular weight excluding hydrogens is 256 g/mol. The third-order valence-corrected chi connectivity index (χ3v) is 2.75. The number of aromatic nitrogens is 3. The minimum Gasteiger partial charge on any atom is -0.464 e. The fourth-order valence-electron chi connectivity index (χ4n) is 1.75. The highest BCUT2D eigenvalue weighted by Crippen LogP contribution is 2.11. The number of esters is 1. The molecule has 0 amide bonds. The van der Waals surface area contributed by atoms with Crippen molar-refractivity contribution in [1.29, 1.82) is 0 Å². The van der Waals surface area contributed by atoms with Crippen molar-refractivity contribution in [1.82, 2.24) is 15.0 Å². The van der Waals surface area contributed by atoms with E-state index in [1.54, 1.807) is 6.20 Å². The summed E-state index contributed by atoms with van der Waals surface area (Å²) in [5.41, 5.74) is 2.08. The highest BCUT2D eigenvalue weighted by atomic mass is 16.5. The van der Waals surface area contributed by atoms with Crippen LogP contribution in [0.15, 0.2) is 30.6 Å². The van der Waals surface area contributed by atoms with Gasteiger partial charge in [-0.2, -0.15) is 0 Å². The van der Waals surface area contributed by atoms with Crippen LogP contribution in [0.5, 0.6) is 0 Å². The lowest BCUT2D eigenvalue weighted by Crippen LogP contribution is -2.20. The Hall–Kier alpha value is -2.50. The molecule has 0 spiro atoms. The van der Waals surface area contributed by atoms with Crippen LogP contribution < -0.4 is 4.90 Å². The van der Waals surface area contributed by atoms with E-state index in [1.807, 2.05) is 37.1 Å². The second-order valence-corrected chi connectivity index (χ2v) is 4.38. The van der Waals surface area contributed by atoms with Gasteiger partial charge in [-0.1, -0.05) is 6.07 Å². The van der Waals surface area contributed by atoms with Gasteiger partial charge in [-0.25, -0.2) is 9.78 Å². The van der Waals surface area contributed by atoms with Gasteiger partial charge in [0, 0.05) is 12.7 Å². The van der Waals surface area contributed by atoms with Gasteiger partial charge in [0.05, 0.1) is 31.7 Å². The number of carbonyl (C=O) groups excluding carboxylic acids is 1. The van der Waals surface area contributed by atoms with Gasteiger partial charge < -0.3 is 9.64 Å². The largest absolute Gasteiger partial charge is 0.464 e. The summed E-state index contributed by atoms with van der Waals surface area (Å²) in [6.07, 6.45) is 2.98. The Morgan fingerprint density at radius 3 is 2.80 bits per heavy atom. The molecule has 0 fully saturated rings. The summed E-state index contributed by atoms with van der Waals surface area (Å²) in [6, 6.07) is 5.85. The topological polar surface area (TPSA) is 68.2 Å². The van der Waals surface area contributed by atoms with Crippen molar-refractivity contribution >= 4 is 11.8 Å². The second-order valence-electron chi connectivity index (χ2n) is 4.38. The molecule has 6 heteroatoms. The van der Waals surface area contributed by atoms with E-state index in [0.29, 0.717) is 12.4 Å². The summed E-state index contributed by atoms with van der Waals surface area (Å²) in [5.74, 6) is 0.0950. The van der Waals surface area contributed by atoms with Crippen LogP contribution in [0.2, 0.25) is 0 Å². The molecule has 0 aliphatic carbocycles. The molecule has 0 radical (unpaired) electrons. The number of hydrogen-bond donors (Lipinski definition) is 0. The van der Waals surface area contributed by atoms with Crippen LogP contribution in [-0.4, -0.2) is 35.1 Å². The van der Waals surface area contributed by atoms with E-state index in [2.05, 4.69) is 19.7 Å². The summed E-state index contributed by atoms with van der Waals surface area (Å²) in [5, 5.41) is 0. The third-order valence-electron chi connectivity index (χ3n) is 2.75. The van der Waals surface area contributed by atoms with Crippen molar-refractivity contribution < 1.29 is 9.53 Å². The molecule has 0 bridgehead atoms. The summed E-state index contributed by atoms with van der Waals surface area (Å²) in [6.45, 7) is 2.53. The van der Waals surface area contributed by atoms with Crippen LogP contribution in [0.3, 0.4) is 0 Å². The molecule has 0 aliphatic rings. The standard InChI is InChI=1S/C14H16N4O2/c1-10-5-4-6-11(16-10)9-18(2)13-8-15-7-12(17-13)14(19)20-3/h4-8H,9H2,1-3H3. The van der Waals surface area contributed by atoms with E-state index >= 15 is 0 Å². The molecule has 0 saturated heterocycles. The number of aryl methyl sites for hydroxylation is 1. The highest BCUT2D eigenvalue weighted by Gasteiger charge is 2.11. The number of hydrogen-bond acceptors (Lipinski definition) is 6. The predicted molar refractivity (Wildman–Crippen MR) is 74.5 cm³/mol. The number of rotatable bonds is 4. The van der Waals surface area contributed by atoms with Crippen molar-refractivity contribution in [2.75, 3.05) is 19.1 Å². The molecule has 2 heterocycles. The van der Waals surface area contributed by atoms with Crippen molar-refractivity contribution in [3.05, 3.63) is 47.7 Å². The van der Waals surface area contributed by atoms with Crippen molar-refractivity contribution in [2.24, 2.45) is 0 Å². The second kappa shape index (κ2) is 6.10. The van der Waals surface area contributed by atoms with Crippen LogP contribution >= 0.6 is 0 Å². The molecule has 20 heavy (non-hydrogen) atoms. The fraction of sp³-hybridized carbons (Fsp3) is 0.286. The van der Waals surface area contributed by atoms with Crippen molar-refractivity contribution in [3.8, 4) is 0 Å². The quantitative estimate of drug-likeness (QED) is 0.787. The molecule has 6 nitrogen and oxygen atoms in total. The Morgan fingerprint density at radius 2 is 2.10 bits per heavy atom. The Kier molecular flexibility index (Phi) is 4.24. The smallest absolute Gasteiger partial charge is 0.358 e. The van der Waals surface area contributed by atoms with Crippen LogP contribution in [0.4, 0.5) is 5.82 Å². The molecule has 2 aromatic rings. The first-order valence-corrected chi connectivity index (χ1v) is 6.14. The monoisotopic (exact) mass is 272 g/mol. The number of nitrogens with zero attached hydrogens (tertiary/aromatic N) is 4. The van der Waals surface area contributed by atoms with Crippen LogP contribution in [0, 0.1) is 6.92 Å². The number of carbonyl (C=O) groups is 1. The number of pyridine rings is 1. The van der Waals surface area contributed by atoms with Crippen LogP contribution in [0.1, 0.15) is 21.9 Å². The Labute approximate surface area is 117 Å². The highest BCUT2D eigenvalue weighted by molar-refractivity contribution is 5.87. The van der Waals surface area contributed by atoms with Gasteiger partial charge in [0.2, 0.25) is 0 Å². The van der Waals surface area contributed by atoms with Crippen LogP contribution in [0.25, 0.3) is 0 Å². The molecule has 2 aromatic heterocycles. The lowest BCUT2D eigenvalue weighted by Gasteiger charge is -2.17. The fourth-order valence-corrected chi connectivity index (χ4v) is 1.75. The first-order valence-electron chi connectivity index (χ1n) is 6.14. The van der Waals surface area contributed by atoms with Crippen molar-refractivity contribution in [2.45, 2.75) is 13.5 Å². The van der Waals surface area contributed by atoms with E-state index in [4.69, 9.17) is 0 Å². The molecule has 0 aliphatic heterocycles. The summed E-state index contributed by atoms with van der Waals surface area (Å²) in [7, 11) is 3.19. The number of anilines is 1. The minimum absolute atomic E-state index is 0.189. The Balaban J connectivity index is 2.17. The average Bonchev–Trinajstić information content (AvgIpc) is 2.46. The molecule has 2 rings (SSSR count). The molecule has 0 atom stereocenters. The molecule has 0 N–H and O–H groups in total. The maximum Gasteiger partial charge on any atom is 0.358 e. The van der Waals surface area contributed by atoms with Gasteiger partial charge in [-0.3, -0.25) is 9.97 Å². The lowest BCUT2D eigenvalue weighted by molar-refractivity contribution is 0.0593. The molecule has 0 unspecified atom stereocenters. The van der Waals surface area contributed by atoms with Gasteiger partial charge in [-0.15, -0.1) is 0 Å². The molecule has 104 valence electrons. The normalized spacial score (nSPS) is 10.2. The summed E-state index contributed by atoms with van der Waals surface area (Å²) < 4.78 is 4.63. The Morgan fingerprint density at radius 1 is 1.30 bits per heavy atom. The van der Waals surface area contributed by atoms with E-state index in [9.17, 15) is 4.79 Å². The van der Waals surface area contributed by atoms with Crippen molar-refractivity contribution in [3.63, 3.8) is 0 Å². The average molecular weight is 272 g/mol. The Bertz CT molecular complexity index is 616. The zero-order valence-corrected chi connectivity index (χ0v) is 11.7. The predicted octanol–water partition coefficient (Wildman–Crippen LogP) is 1.60. The van der Waals surface area contributed by atoms with Gasteiger partial charge in [0.15, 0.2) is 5.69 Å². The molecule has 0 aromatic carbocycles. The van der Waals surface area contributed by atoms with Gasteiger partial charge >= 0.3 is 5.97 Å². The number of methoxy groups -OCH3 is 1. The van der Waals surface area contributed by atoms with E-state index < -0.39 is 5.97 Å². The van der Waals surface area contributed by atoms with E-state index in [1.165, 1.54) is 13.3 Å². The minimum atomic E-state index is -0.499. The van der Waals surface area contributed by atoms with E-state index in [-0.39, 0.29) is 5.69 Å². The zero-order chi connectivity index (χ0) is 14.5. The van der Waals surface area contributed by atoms with Gasteiger partial charge in [0.1, 0.15) is 5.82 Å². The number of ether oxygens (including phenoxy) is 1. The third kappa shape index (κ3) is 3.28. The lowest BCUT2D eigenvalue weighted by atomic mass is 10.3. The first-order chi connectivity index (χ1) is 9.60. The molecular formula is C14H16N4O2. The SMILES string of the molecule is COC(=O)c1cncc(N(C)Cc2cccc(C)n2)n1. The summed E-state index contributed by atoms with van der Waals surface area (Å²) in [4.78, 5) is 26.0. The maximum atomic E-state index is 11.4. The first kappa shape index (κ1) is 13.9.